The number of carbonyl (C=O) groups excluding carboxylic acids is 2. The number of amides is 3. The summed E-state index contributed by atoms with van der Waals surface area (Å²) >= 11 is 0. The highest BCUT2D eigenvalue weighted by Crippen LogP contribution is 2.19. The number of aromatic nitrogens is 3. The van der Waals surface area contributed by atoms with Crippen LogP contribution in [0.2, 0.25) is 0 Å². The zero-order valence-corrected chi connectivity index (χ0v) is 16.0. The SMILES string of the molecule is CC[C@H](C)NC(=O)NCCn1nnc2cc(C(=O)NC3CCCC3)ccc21. The molecule has 3 rings (SSSR count). The Morgan fingerprint density at radius 1 is 1.30 bits per heavy atom. The van der Waals surface area contributed by atoms with Gasteiger partial charge in [0.25, 0.3) is 5.91 Å². The monoisotopic (exact) mass is 372 g/mol. The maximum Gasteiger partial charge on any atom is 0.315 e. The van der Waals surface area contributed by atoms with Crippen LogP contribution < -0.4 is 16.0 Å². The van der Waals surface area contributed by atoms with E-state index in [0.29, 0.717) is 24.2 Å². The number of fused-ring (bicyclic) bond motifs is 1. The number of urea groups is 1. The lowest BCUT2D eigenvalue weighted by atomic mass is 10.1. The molecule has 1 aliphatic carbocycles. The van der Waals surface area contributed by atoms with Crippen molar-refractivity contribution in [2.75, 3.05) is 6.54 Å². The third-order valence-electron chi connectivity index (χ3n) is 5.07. The van der Waals surface area contributed by atoms with Crippen molar-refractivity contribution in [2.45, 2.75) is 64.6 Å². The Labute approximate surface area is 159 Å². The van der Waals surface area contributed by atoms with E-state index >= 15 is 0 Å². The Morgan fingerprint density at radius 2 is 2.07 bits per heavy atom. The predicted molar refractivity (Wildman–Crippen MR) is 104 cm³/mol. The van der Waals surface area contributed by atoms with Crippen LogP contribution in [0.15, 0.2) is 18.2 Å². The highest BCUT2D eigenvalue weighted by molar-refractivity contribution is 5.97. The summed E-state index contributed by atoms with van der Waals surface area (Å²) in [5.74, 6) is -0.0540. The van der Waals surface area contributed by atoms with Gasteiger partial charge in [-0.15, -0.1) is 5.10 Å². The first-order valence-corrected chi connectivity index (χ1v) is 9.75. The second kappa shape index (κ2) is 8.83. The minimum absolute atomic E-state index is 0.0540. The van der Waals surface area contributed by atoms with Crippen LogP contribution in [-0.4, -0.2) is 45.6 Å². The van der Waals surface area contributed by atoms with Crippen LogP contribution in [0.1, 0.15) is 56.3 Å². The van der Waals surface area contributed by atoms with Gasteiger partial charge in [-0.3, -0.25) is 4.79 Å². The molecular weight excluding hydrogens is 344 g/mol. The molecule has 1 fully saturated rings. The molecule has 2 aromatic rings. The first-order chi connectivity index (χ1) is 13.1. The Kier molecular flexibility index (Phi) is 6.26. The maximum atomic E-state index is 12.4. The van der Waals surface area contributed by atoms with Crippen LogP contribution in [0.3, 0.4) is 0 Å². The summed E-state index contributed by atoms with van der Waals surface area (Å²) < 4.78 is 1.73. The number of nitrogens with zero attached hydrogens (tertiary/aromatic N) is 3. The number of rotatable bonds is 7. The van der Waals surface area contributed by atoms with Gasteiger partial charge >= 0.3 is 6.03 Å². The van der Waals surface area contributed by atoms with Gasteiger partial charge in [-0.05, 0) is 44.4 Å². The molecule has 8 nitrogen and oxygen atoms in total. The molecule has 3 amide bonds. The van der Waals surface area contributed by atoms with Crippen molar-refractivity contribution in [1.82, 2.24) is 30.9 Å². The Bertz CT molecular complexity index is 797. The van der Waals surface area contributed by atoms with E-state index in [4.69, 9.17) is 0 Å². The third-order valence-corrected chi connectivity index (χ3v) is 5.07. The fourth-order valence-corrected chi connectivity index (χ4v) is 3.27. The second-order valence-electron chi connectivity index (χ2n) is 7.18. The quantitative estimate of drug-likeness (QED) is 0.693. The van der Waals surface area contributed by atoms with Crippen molar-refractivity contribution in [3.05, 3.63) is 23.8 Å². The number of carbonyl (C=O) groups is 2. The molecule has 27 heavy (non-hydrogen) atoms. The Morgan fingerprint density at radius 3 is 2.81 bits per heavy atom. The second-order valence-corrected chi connectivity index (χ2v) is 7.18. The molecular formula is C19H28N6O2. The van der Waals surface area contributed by atoms with Crippen LogP contribution in [0.4, 0.5) is 4.79 Å². The van der Waals surface area contributed by atoms with E-state index in [-0.39, 0.29) is 24.0 Å². The minimum atomic E-state index is -0.181. The standard InChI is InChI=1S/C19H28N6O2/c1-3-13(2)21-19(27)20-10-11-25-17-9-8-14(12-16(17)23-24-25)18(26)22-15-6-4-5-7-15/h8-9,12-13,15H,3-7,10-11H2,1-2H3,(H,22,26)(H2,20,21,27)/t13-/m0/s1. The average Bonchev–Trinajstić information content (AvgIpc) is 3.31. The number of nitrogens with one attached hydrogen (secondary N) is 3. The van der Waals surface area contributed by atoms with Crippen molar-refractivity contribution in [1.29, 1.82) is 0 Å². The Hall–Kier alpha value is -2.64. The third kappa shape index (κ3) is 4.96. The van der Waals surface area contributed by atoms with E-state index in [1.54, 1.807) is 16.8 Å². The fraction of sp³-hybridized carbons (Fsp3) is 0.579. The summed E-state index contributed by atoms with van der Waals surface area (Å²) in [5.41, 5.74) is 2.13. The predicted octanol–water partition coefficient (Wildman–Crippen LogP) is 2.20. The molecule has 1 heterocycles. The molecule has 0 spiro atoms. The molecule has 1 aromatic carbocycles. The van der Waals surface area contributed by atoms with Gasteiger partial charge in [0.05, 0.1) is 12.1 Å². The zero-order valence-electron chi connectivity index (χ0n) is 16.0. The molecule has 0 radical (unpaired) electrons. The van der Waals surface area contributed by atoms with Gasteiger partial charge in [-0.2, -0.15) is 0 Å². The van der Waals surface area contributed by atoms with Crippen molar-refractivity contribution >= 4 is 23.0 Å². The van der Waals surface area contributed by atoms with E-state index < -0.39 is 0 Å². The van der Waals surface area contributed by atoms with Crippen LogP contribution in [0.5, 0.6) is 0 Å². The van der Waals surface area contributed by atoms with Gasteiger partial charge in [0.15, 0.2) is 0 Å². The number of hydrogen-bond donors (Lipinski definition) is 3. The maximum absolute atomic E-state index is 12.4. The highest BCUT2D eigenvalue weighted by Gasteiger charge is 2.18. The van der Waals surface area contributed by atoms with Crippen molar-refractivity contribution in [3.63, 3.8) is 0 Å². The summed E-state index contributed by atoms with van der Waals surface area (Å²) in [4.78, 5) is 24.1. The number of hydrogen-bond acceptors (Lipinski definition) is 4. The van der Waals surface area contributed by atoms with Crippen LogP contribution >= 0.6 is 0 Å². The van der Waals surface area contributed by atoms with Crippen LogP contribution in [0, 0.1) is 0 Å². The van der Waals surface area contributed by atoms with Gasteiger partial charge < -0.3 is 16.0 Å². The summed E-state index contributed by atoms with van der Waals surface area (Å²) in [7, 11) is 0. The van der Waals surface area contributed by atoms with E-state index in [0.717, 1.165) is 24.8 Å². The van der Waals surface area contributed by atoms with E-state index in [1.807, 2.05) is 19.9 Å². The summed E-state index contributed by atoms with van der Waals surface area (Å²) in [6.07, 6.45) is 5.37. The Balaban J connectivity index is 1.57. The van der Waals surface area contributed by atoms with Gasteiger partial charge in [0.1, 0.15) is 5.52 Å². The van der Waals surface area contributed by atoms with E-state index in [1.165, 1.54) is 12.8 Å². The molecule has 0 unspecified atom stereocenters. The molecule has 1 aliphatic rings. The molecule has 1 saturated carbocycles. The molecule has 0 bridgehead atoms. The molecule has 146 valence electrons. The average molecular weight is 372 g/mol. The lowest BCUT2D eigenvalue weighted by Gasteiger charge is -2.12. The molecule has 3 N–H and O–H groups in total. The van der Waals surface area contributed by atoms with Crippen molar-refractivity contribution in [2.24, 2.45) is 0 Å². The van der Waals surface area contributed by atoms with Gasteiger partial charge in [-0.25, -0.2) is 9.48 Å². The first-order valence-electron chi connectivity index (χ1n) is 9.75. The van der Waals surface area contributed by atoms with Crippen LogP contribution in [-0.2, 0) is 6.54 Å². The topological polar surface area (TPSA) is 101 Å². The van der Waals surface area contributed by atoms with Gasteiger partial charge in [0.2, 0.25) is 0 Å². The van der Waals surface area contributed by atoms with Crippen LogP contribution in [0.25, 0.3) is 11.0 Å². The van der Waals surface area contributed by atoms with Crippen molar-refractivity contribution < 1.29 is 9.59 Å². The van der Waals surface area contributed by atoms with Gasteiger partial charge in [-0.1, -0.05) is 25.0 Å². The van der Waals surface area contributed by atoms with Gasteiger partial charge in [0, 0.05) is 24.2 Å². The smallest absolute Gasteiger partial charge is 0.315 e. The van der Waals surface area contributed by atoms with E-state index in [2.05, 4.69) is 26.3 Å². The molecule has 1 atom stereocenters. The lowest BCUT2D eigenvalue weighted by Crippen LogP contribution is -2.41. The minimum Gasteiger partial charge on any atom is -0.349 e. The van der Waals surface area contributed by atoms with Crippen molar-refractivity contribution in [3.8, 4) is 0 Å². The molecule has 1 aromatic heterocycles. The molecule has 8 heteroatoms. The van der Waals surface area contributed by atoms with E-state index in [9.17, 15) is 9.59 Å². The summed E-state index contributed by atoms with van der Waals surface area (Å²) in [6.45, 7) is 4.95. The lowest BCUT2D eigenvalue weighted by molar-refractivity contribution is 0.0938. The summed E-state index contributed by atoms with van der Waals surface area (Å²) in [6, 6.07) is 5.68. The number of benzene rings is 1. The summed E-state index contributed by atoms with van der Waals surface area (Å²) in [5, 5.41) is 17.1. The zero-order chi connectivity index (χ0) is 19.2. The highest BCUT2D eigenvalue weighted by atomic mass is 16.2. The first kappa shape index (κ1) is 19.1. The fourth-order valence-electron chi connectivity index (χ4n) is 3.27. The molecule has 0 saturated heterocycles. The molecule has 0 aliphatic heterocycles. The largest absolute Gasteiger partial charge is 0.349 e. The normalized spacial score (nSPS) is 15.6.